The van der Waals surface area contributed by atoms with E-state index < -0.39 is 10.0 Å². The molecule has 2 aliphatic rings. The number of amides is 1. The van der Waals surface area contributed by atoms with E-state index in [2.05, 4.69) is 15.5 Å². The van der Waals surface area contributed by atoms with Gasteiger partial charge in [0.2, 0.25) is 15.9 Å². The fourth-order valence-electron chi connectivity index (χ4n) is 4.01. The zero-order valence-corrected chi connectivity index (χ0v) is 16.4. The van der Waals surface area contributed by atoms with Crippen molar-refractivity contribution in [2.75, 3.05) is 24.2 Å². The number of hydrogen-bond donors (Lipinski definition) is 2. The second-order valence-corrected chi connectivity index (χ2v) is 9.72. The topological polar surface area (TPSA) is 95.2 Å². The van der Waals surface area contributed by atoms with Gasteiger partial charge in [-0.05, 0) is 32.6 Å². The monoisotopic (exact) mass is 382 g/mol. The average Bonchev–Trinajstić information content (AvgIpc) is 2.94. The van der Waals surface area contributed by atoms with Crippen LogP contribution >= 0.6 is 0 Å². The Hall–Kier alpha value is -1.41. The first-order valence-corrected chi connectivity index (χ1v) is 11.4. The molecule has 2 N–H and O–H groups in total. The summed E-state index contributed by atoms with van der Waals surface area (Å²) in [5.41, 5.74) is 1.12. The summed E-state index contributed by atoms with van der Waals surface area (Å²) in [6.45, 7) is 2.49. The van der Waals surface area contributed by atoms with Gasteiger partial charge < -0.3 is 5.32 Å². The predicted octanol–water partition coefficient (Wildman–Crippen LogP) is 2.85. The molecule has 26 heavy (non-hydrogen) atoms. The quantitative estimate of drug-likeness (QED) is 0.766. The molecule has 8 heteroatoms. The van der Waals surface area contributed by atoms with E-state index in [1.807, 2.05) is 6.07 Å². The number of aromatic amines is 1. The summed E-state index contributed by atoms with van der Waals surface area (Å²) in [5.74, 6) is 0.992. The van der Waals surface area contributed by atoms with Gasteiger partial charge in [0, 0.05) is 36.7 Å². The molecule has 1 saturated heterocycles. The van der Waals surface area contributed by atoms with Crippen molar-refractivity contribution < 1.29 is 13.2 Å². The molecule has 146 valence electrons. The number of nitrogens with zero attached hydrogens (tertiary/aromatic N) is 2. The first-order chi connectivity index (χ1) is 12.5. The van der Waals surface area contributed by atoms with E-state index in [4.69, 9.17) is 0 Å². The molecule has 2 heterocycles. The van der Waals surface area contributed by atoms with E-state index in [1.165, 1.54) is 42.8 Å². The number of nitrogens with one attached hydrogen (secondary N) is 2. The standard InChI is InChI=1S/C18H30N4O3S/c1-2-26(24,25)22-11-9-15(10-12-22)18(23)19-17-13-16(20-21-17)14-7-5-3-4-6-8-14/h13-15H,2-12H2,1H3,(H2,19,20,21,23). The van der Waals surface area contributed by atoms with Crippen molar-refractivity contribution in [2.45, 2.75) is 64.2 Å². The van der Waals surface area contributed by atoms with Crippen LogP contribution < -0.4 is 5.32 Å². The molecule has 1 saturated carbocycles. The van der Waals surface area contributed by atoms with Gasteiger partial charge in [-0.1, -0.05) is 25.7 Å². The van der Waals surface area contributed by atoms with Crippen LogP contribution in [0.25, 0.3) is 0 Å². The minimum Gasteiger partial charge on any atom is -0.309 e. The molecular formula is C18H30N4O3S. The Morgan fingerprint density at radius 2 is 1.85 bits per heavy atom. The van der Waals surface area contributed by atoms with Crippen LogP contribution in [0.5, 0.6) is 0 Å². The smallest absolute Gasteiger partial charge is 0.228 e. The normalized spacial score (nSPS) is 21.4. The van der Waals surface area contributed by atoms with Crippen LogP contribution in [0.3, 0.4) is 0 Å². The molecule has 0 bridgehead atoms. The predicted molar refractivity (Wildman–Crippen MR) is 101 cm³/mol. The molecule has 0 radical (unpaired) electrons. The Morgan fingerprint density at radius 1 is 1.19 bits per heavy atom. The number of H-pyrrole nitrogens is 1. The molecule has 2 fully saturated rings. The SMILES string of the molecule is CCS(=O)(=O)N1CCC(C(=O)Nc2cc(C3CCCCCC3)[nH]n2)CC1. The van der Waals surface area contributed by atoms with Crippen LogP contribution in [0.15, 0.2) is 6.07 Å². The molecule has 1 aliphatic carbocycles. The van der Waals surface area contributed by atoms with Gasteiger partial charge in [0.05, 0.1) is 5.75 Å². The maximum atomic E-state index is 12.5. The molecule has 0 spiro atoms. The summed E-state index contributed by atoms with van der Waals surface area (Å²) in [5, 5.41) is 10.3. The van der Waals surface area contributed by atoms with Gasteiger partial charge in [-0.3, -0.25) is 9.89 Å². The number of carbonyl (C=O) groups excluding carboxylic acids is 1. The lowest BCUT2D eigenvalue weighted by Gasteiger charge is -2.30. The molecular weight excluding hydrogens is 352 g/mol. The van der Waals surface area contributed by atoms with Gasteiger partial charge in [-0.2, -0.15) is 5.10 Å². The molecule has 0 unspecified atom stereocenters. The minimum atomic E-state index is -3.16. The van der Waals surface area contributed by atoms with Crippen LogP contribution in [0, 0.1) is 5.92 Å². The molecule has 0 atom stereocenters. The largest absolute Gasteiger partial charge is 0.309 e. The Kier molecular flexibility index (Phi) is 6.34. The van der Waals surface area contributed by atoms with E-state index in [9.17, 15) is 13.2 Å². The maximum Gasteiger partial charge on any atom is 0.228 e. The second-order valence-electron chi connectivity index (χ2n) is 7.46. The number of rotatable bonds is 5. The van der Waals surface area contributed by atoms with Gasteiger partial charge in [0.15, 0.2) is 5.82 Å². The lowest BCUT2D eigenvalue weighted by molar-refractivity contribution is -0.120. The van der Waals surface area contributed by atoms with Crippen LogP contribution in [0.2, 0.25) is 0 Å². The summed E-state index contributed by atoms with van der Waals surface area (Å²) < 4.78 is 25.3. The molecule has 0 aromatic carbocycles. The lowest BCUT2D eigenvalue weighted by Crippen LogP contribution is -2.42. The number of anilines is 1. The molecule has 1 aromatic heterocycles. The summed E-state index contributed by atoms with van der Waals surface area (Å²) in [4.78, 5) is 12.5. The molecule has 1 aromatic rings. The second kappa shape index (κ2) is 8.52. The minimum absolute atomic E-state index is 0.0579. The highest BCUT2D eigenvalue weighted by molar-refractivity contribution is 7.89. The van der Waals surface area contributed by atoms with E-state index >= 15 is 0 Å². The van der Waals surface area contributed by atoms with E-state index in [0.29, 0.717) is 37.7 Å². The third kappa shape index (κ3) is 4.65. The van der Waals surface area contributed by atoms with E-state index in [-0.39, 0.29) is 17.6 Å². The van der Waals surface area contributed by atoms with Crippen molar-refractivity contribution in [3.8, 4) is 0 Å². The van der Waals surface area contributed by atoms with Crippen LogP contribution in [-0.2, 0) is 14.8 Å². The van der Waals surface area contributed by atoms with E-state index in [0.717, 1.165) is 5.69 Å². The highest BCUT2D eigenvalue weighted by Gasteiger charge is 2.30. The van der Waals surface area contributed by atoms with Crippen molar-refractivity contribution in [1.82, 2.24) is 14.5 Å². The van der Waals surface area contributed by atoms with E-state index in [1.54, 1.807) is 6.92 Å². The van der Waals surface area contributed by atoms with Gasteiger partial charge >= 0.3 is 0 Å². The van der Waals surface area contributed by atoms with Gasteiger partial charge in [0.1, 0.15) is 0 Å². The zero-order chi connectivity index (χ0) is 18.6. The van der Waals surface area contributed by atoms with Crippen molar-refractivity contribution in [3.63, 3.8) is 0 Å². The third-order valence-corrected chi connectivity index (χ3v) is 7.61. The summed E-state index contributed by atoms with van der Waals surface area (Å²) in [6.07, 6.45) is 8.60. The summed E-state index contributed by atoms with van der Waals surface area (Å²) in [7, 11) is -3.16. The lowest BCUT2D eigenvalue weighted by atomic mass is 9.96. The number of aromatic nitrogens is 2. The average molecular weight is 383 g/mol. The highest BCUT2D eigenvalue weighted by Crippen LogP contribution is 2.31. The zero-order valence-electron chi connectivity index (χ0n) is 15.5. The first-order valence-electron chi connectivity index (χ1n) is 9.83. The molecule has 1 amide bonds. The molecule has 1 aliphatic heterocycles. The van der Waals surface area contributed by atoms with Crippen molar-refractivity contribution in [3.05, 3.63) is 11.8 Å². The molecule has 3 rings (SSSR count). The van der Waals surface area contributed by atoms with Crippen LogP contribution in [-0.4, -0.2) is 47.7 Å². The van der Waals surface area contributed by atoms with Crippen molar-refractivity contribution in [1.29, 1.82) is 0 Å². The summed E-state index contributed by atoms with van der Waals surface area (Å²) in [6, 6.07) is 1.96. The number of carbonyl (C=O) groups is 1. The van der Waals surface area contributed by atoms with Crippen LogP contribution in [0.4, 0.5) is 5.82 Å². The number of piperidine rings is 1. The Morgan fingerprint density at radius 3 is 2.46 bits per heavy atom. The third-order valence-electron chi connectivity index (χ3n) is 5.73. The van der Waals surface area contributed by atoms with Gasteiger partial charge in [-0.15, -0.1) is 0 Å². The fraction of sp³-hybridized carbons (Fsp3) is 0.778. The number of sulfonamides is 1. The van der Waals surface area contributed by atoms with Crippen molar-refractivity contribution >= 4 is 21.7 Å². The summed E-state index contributed by atoms with van der Waals surface area (Å²) >= 11 is 0. The Labute approximate surface area is 156 Å². The Balaban J connectivity index is 1.53. The van der Waals surface area contributed by atoms with Crippen LogP contribution in [0.1, 0.15) is 69.9 Å². The van der Waals surface area contributed by atoms with Gasteiger partial charge in [0.25, 0.3) is 0 Å². The number of hydrogen-bond acceptors (Lipinski definition) is 4. The Bertz CT molecular complexity index is 700. The highest BCUT2D eigenvalue weighted by atomic mass is 32.2. The maximum absolute atomic E-state index is 12.5. The fourth-order valence-corrected chi connectivity index (χ4v) is 5.14. The molecule has 7 nitrogen and oxygen atoms in total. The van der Waals surface area contributed by atoms with Crippen molar-refractivity contribution in [2.24, 2.45) is 5.92 Å². The first kappa shape index (κ1) is 19.4. The van der Waals surface area contributed by atoms with Gasteiger partial charge in [-0.25, -0.2) is 12.7 Å².